The van der Waals surface area contributed by atoms with Gasteiger partial charge < -0.3 is 15.5 Å². The maximum atomic E-state index is 12.7. The zero-order chi connectivity index (χ0) is 17.4. The first kappa shape index (κ1) is 15.8. The Morgan fingerprint density at radius 3 is 2.92 bits per heavy atom. The van der Waals surface area contributed by atoms with Gasteiger partial charge in [0.1, 0.15) is 16.4 Å². The zero-order valence-electron chi connectivity index (χ0n) is 13.5. The first-order valence-electron chi connectivity index (χ1n) is 8.18. The van der Waals surface area contributed by atoms with E-state index in [1.165, 1.54) is 4.88 Å². The first-order valence-corrected chi connectivity index (χ1v) is 9.00. The van der Waals surface area contributed by atoms with Crippen molar-refractivity contribution in [3.8, 4) is 17.1 Å². The molecule has 0 radical (unpaired) electrons. The molecule has 7 heteroatoms. The summed E-state index contributed by atoms with van der Waals surface area (Å²) in [6, 6.07) is 7.15. The van der Waals surface area contributed by atoms with Crippen LogP contribution < -0.4 is 16.0 Å². The lowest BCUT2D eigenvalue weighted by molar-refractivity contribution is -0.119. The number of ether oxygens (including phenoxy) is 1. The molecule has 0 spiro atoms. The van der Waals surface area contributed by atoms with E-state index in [0.717, 1.165) is 41.5 Å². The fourth-order valence-electron chi connectivity index (χ4n) is 3.23. The number of hydrogen-bond acceptors (Lipinski definition) is 5. The van der Waals surface area contributed by atoms with Crippen LogP contribution in [0.1, 0.15) is 23.3 Å². The number of benzene rings is 1. The van der Waals surface area contributed by atoms with Gasteiger partial charge in [-0.1, -0.05) is 12.1 Å². The van der Waals surface area contributed by atoms with Crippen molar-refractivity contribution >= 4 is 27.5 Å². The summed E-state index contributed by atoms with van der Waals surface area (Å²) in [5, 5.41) is 0.721. The summed E-state index contributed by atoms with van der Waals surface area (Å²) in [6.45, 7) is -0.225. The van der Waals surface area contributed by atoms with E-state index in [1.54, 1.807) is 29.5 Å². The van der Waals surface area contributed by atoms with Gasteiger partial charge in [0.05, 0.1) is 10.9 Å². The number of thiophene rings is 1. The molecule has 3 aromatic rings. The molecule has 6 nitrogen and oxygen atoms in total. The Morgan fingerprint density at radius 2 is 2.08 bits per heavy atom. The number of rotatable bonds is 4. The molecular formula is C18H17N3O3S. The molecule has 2 heterocycles. The van der Waals surface area contributed by atoms with Gasteiger partial charge in [0.15, 0.2) is 6.61 Å². The predicted octanol–water partition coefficient (Wildman–Crippen LogP) is 2.39. The molecule has 0 atom stereocenters. The lowest BCUT2D eigenvalue weighted by atomic mass is 9.97. The second kappa shape index (κ2) is 6.33. The Morgan fingerprint density at radius 1 is 1.28 bits per heavy atom. The minimum atomic E-state index is -0.558. The van der Waals surface area contributed by atoms with Crippen molar-refractivity contribution in [2.24, 2.45) is 5.73 Å². The molecule has 128 valence electrons. The Kier molecular flexibility index (Phi) is 4.01. The summed E-state index contributed by atoms with van der Waals surface area (Å²) in [7, 11) is 0. The Bertz CT molecular complexity index is 1020. The molecule has 0 bridgehead atoms. The van der Waals surface area contributed by atoms with Crippen LogP contribution in [0.4, 0.5) is 0 Å². The molecule has 1 aliphatic carbocycles. The van der Waals surface area contributed by atoms with Crippen molar-refractivity contribution in [3.05, 3.63) is 45.1 Å². The molecular weight excluding hydrogens is 338 g/mol. The van der Waals surface area contributed by atoms with Crippen LogP contribution in [0.15, 0.2) is 29.1 Å². The molecule has 0 aliphatic heterocycles. The van der Waals surface area contributed by atoms with E-state index in [-0.39, 0.29) is 12.2 Å². The SMILES string of the molecule is NC(=O)COc1ccccc1-c1nc2sc3c(c2c(=O)[nH]1)CCCC3. The average Bonchev–Trinajstić information content (AvgIpc) is 2.99. The van der Waals surface area contributed by atoms with Crippen LogP contribution in [-0.4, -0.2) is 22.5 Å². The number of H-pyrrole nitrogens is 1. The number of carbonyl (C=O) groups is 1. The second-order valence-electron chi connectivity index (χ2n) is 6.06. The predicted molar refractivity (Wildman–Crippen MR) is 97.0 cm³/mol. The Balaban J connectivity index is 1.83. The molecule has 0 fully saturated rings. The van der Waals surface area contributed by atoms with Crippen molar-refractivity contribution in [2.75, 3.05) is 6.61 Å². The van der Waals surface area contributed by atoms with Crippen LogP contribution in [0.25, 0.3) is 21.6 Å². The third-order valence-electron chi connectivity index (χ3n) is 4.34. The van der Waals surface area contributed by atoms with Crippen LogP contribution in [0.5, 0.6) is 5.75 Å². The van der Waals surface area contributed by atoms with Crippen molar-refractivity contribution in [1.29, 1.82) is 0 Å². The molecule has 0 unspecified atom stereocenters. The summed E-state index contributed by atoms with van der Waals surface area (Å²) < 4.78 is 5.45. The number of fused-ring (bicyclic) bond motifs is 3. The maximum Gasteiger partial charge on any atom is 0.260 e. The summed E-state index contributed by atoms with van der Waals surface area (Å²) in [4.78, 5) is 33.2. The van der Waals surface area contributed by atoms with Gasteiger partial charge in [-0.3, -0.25) is 9.59 Å². The van der Waals surface area contributed by atoms with Crippen LogP contribution in [0, 0.1) is 0 Å². The molecule has 3 N–H and O–H groups in total. The number of nitrogens with zero attached hydrogens (tertiary/aromatic N) is 1. The number of nitrogens with two attached hydrogens (primary N) is 1. The van der Waals surface area contributed by atoms with Crippen molar-refractivity contribution in [3.63, 3.8) is 0 Å². The van der Waals surface area contributed by atoms with Gasteiger partial charge in [0.25, 0.3) is 11.5 Å². The fraction of sp³-hybridized carbons (Fsp3) is 0.278. The summed E-state index contributed by atoms with van der Waals surface area (Å²) in [5.41, 5.74) is 6.82. The summed E-state index contributed by atoms with van der Waals surface area (Å²) in [6.07, 6.45) is 4.24. The van der Waals surface area contributed by atoms with E-state index in [2.05, 4.69) is 9.97 Å². The van der Waals surface area contributed by atoms with E-state index >= 15 is 0 Å². The molecule has 25 heavy (non-hydrogen) atoms. The van der Waals surface area contributed by atoms with Crippen LogP contribution in [-0.2, 0) is 17.6 Å². The minimum absolute atomic E-state index is 0.121. The van der Waals surface area contributed by atoms with E-state index in [1.807, 2.05) is 6.07 Å². The Labute approximate surface area is 147 Å². The number of carbonyl (C=O) groups excluding carboxylic acids is 1. The average molecular weight is 355 g/mol. The minimum Gasteiger partial charge on any atom is -0.483 e. The highest BCUT2D eigenvalue weighted by Gasteiger charge is 2.20. The third-order valence-corrected chi connectivity index (χ3v) is 5.52. The van der Waals surface area contributed by atoms with Crippen LogP contribution in [0.3, 0.4) is 0 Å². The van der Waals surface area contributed by atoms with Gasteiger partial charge in [-0.25, -0.2) is 4.98 Å². The number of amides is 1. The standard InChI is InChI=1S/C18H17N3O3S/c19-14(22)9-24-12-7-3-1-5-10(12)16-20-17(23)15-11-6-2-4-8-13(11)25-18(15)21-16/h1,3,5,7H,2,4,6,8-9H2,(H2,19,22)(H,20,21,23). The molecule has 1 aliphatic rings. The molecule has 1 amide bonds. The molecule has 0 saturated carbocycles. The highest BCUT2D eigenvalue weighted by Crippen LogP contribution is 2.35. The van der Waals surface area contributed by atoms with Gasteiger partial charge in [-0.05, 0) is 43.4 Å². The number of hydrogen-bond donors (Lipinski definition) is 2. The lowest BCUT2D eigenvalue weighted by Gasteiger charge is -2.10. The summed E-state index contributed by atoms with van der Waals surface area (Å²) in [5.74, 6) is 0.346. The van der Waals surface area contributed by atoms with Crippen molar-refractivity contribution in [2.45, 2.75) is 25.7 Å². The van der Waals surface area contributed by atoms with Gasteiger partial charge in [-0.2, -0.15) is 0 Å². The zero-order valence-corrected chi connectivity index (χ0v) is 14.3. The van der Waals surface area contributed by atoms with Gasteiger partial charge >= 0.3 is 0 Å². The summed E-state index contributed by atoms with van der Waals surface area (Å²) >= 11 is 1.60. The van der Waals surface area contributed by atoms with Gasteiger partial charge in [0, 0.05) is 4.88 Å². The molecule has 0 saturated heterocycles. The van der Waals surface area contributed by atoms with Crippen LogP contribution in [0.2, 0.25) is 0 Å². The van der Waals surface area contributed by atoms with E-state index in [0.29, 0.717) is 17.1 Å². The third kappa shape index (κ3) is 2.91. The van der Waals surface area contributed by atoms with Crippen molar-refractivity contribution in [1.82, 2.24) is 9.97 Å². The van der Waals surface area contributed by atoms with Crippen molar-refractivity contribution < 1.29 is 9.53 Å². The lowest BCUT2D eigenvalue weighted by Crippen LogP contribution is -2.20. The highest BCUT2D eigenvalue weighted by molar-refractivity contribution is 7.18. The molecule has 2 aromatic heterocycles. The number of aromatic nitrogens is 2. The van der Waals surface area contributed by atoms with Gasteiger partial charge in [-0.15, -0.1) is 11.3 Å². The molecule has 1 aromatic carbocycles. The monoisotopic (exact) mass is 355 g/mol. The topological polar surface area (TPSA) is 98.1 Å². The Hall–Kier alpha value is -2.67. The van der Waals surface area contributed by atoms with Crippen LogP contribution >= 0.6 is 11.3 Å². The maximum absolute atomic E-state index is 12.7. The fourth-order valence-corrected chi connectivity index (χ4v) is 4.49. The normalized spacial score (nSPS) is 13.6. The number of nitrogens with one attached hydrogen (secondary N) is 1. The smallest absolute Gasteiger partial charge is 0.260 e. The molecule has 4 rings (SSSR count). The van der Waals surface area contributed by atoms with E-state index in [4.69, 9.17) is 10.5 Å². The quantitative estimate of drug-likeness (QED) is 0.751. The number of aromatic amines is 1. The number of primary amides is 1. The van der Waals surface area contributed by atoms with Gasteiger partial charge in [0.2, 0.25) is 0 Å². The van der Waals surface area contributed by atoms with E-state index < -0.39 is 5.91 Å². The first-order chi connectivity index (χ1) is 12.1. The van der Waals surface area contributed by atoms with E-state index in [9.17, 15) is 9.59 Å². The number of aryl methyl sites for hydroxylation is 2. The largest absolute Gasteiger partial charge is 0.483 e. The number of para-hydroxylation sites is 1. The highest BCUT2D eigenvalue weighted by atomic mass is 32.1. The second-order valence-corrected chi connectivity index (χ2v) is 7.14.